The molecule has 0 radical (unpaired) electrons. The maximum atomic E-state index is 12.9. The van der Waals surface area contributed by atoms with Gasteiger partial charge in [-0.3, -0.25) is 4.98 Å². The van der Waals surface area contributed by atoms with E-state index in [0.29, 0.717) is 10.3 Å². The number of rotatable bonds is 8. The van der Waals surface area contributed by atoms with Crippen LogP contribution in [-0.2, 0) is 10.0 Å². The first-order valence-electron chi connectivity index (χ1n) is 12.7. The molecule has 3 aromatic rings. The lowest BCUT2D eigenvalue weighted by atomic mass is 9.77. The van der Waals surface area contributed by atoms with Gasteiger partial charge in [0.25, 0.3) is 0 Å². The van der Waals surface area contributed by atoms with E-state index in [0.717, 1.165) is 56.8 Å². The summed E-state index contributed by atoms with van der Waals surface area (Å²) in [5.41, 5.74) is 2.27. The highest BCUT2D eigenvalue weighted by Crippen LogP contribution is 2.42. The molecule has 4 heterocycles. The fourth-order valence-electron chi connectivity index (χ4n) is 5.31. The Morgan fingerprint density at radius 2 is 1.68 bits per heavy atom. The molecule has 2 aliphatic rings. The van der Waals surface area contributed by atoms with Gasteiger partial charge in [0.05, 0.1) is 4.90 Å². The predicted molar refractivity (Wildman–Crippen MR) is 143 cm³/mol. The minimum atomic E-state index is -3.59. The summed E-state index contributed by atoms with van der Waals surface area (Å²) in [7, 11) is -2.02. The van der Waals surface area contributed by atoms with Gasteiger partial charge in [0.1, 0.15) is 12.4 Å². The molecule has 0 amide bonds. The molecule has 2 aliphatic heterocycles. The molecule has 9 nitrogen and oxygen atoms in total. The summed E-state index contributed by atoms with van der Waals surface area (Å²) in [6, 6.07) is 13.3. The number of aryl methyl sites for hydroxylation is 1. The van der Waals surface area contributed by atoms with Gasteiger partial charge in [0.2, 0.25) is 10.0 Å². The Hall–Kier alpha value is -3.24. The van der Waals surface area contributed by atoms with Gasteiger partial charge in [0, 0.05) is 64.0 Å². The molecule has 2 saturated heterocycles. The summed E-state index contributed by atoms with van der Waals surface area (Å²) in [4.78, 5) is 18.1. The minimum Gasteiger partial charge on any atom is -0.462 e. The van der Waals surface area contributed by atoms with Gasteiger partial charge < -0.3 is 14.5 Å². The Bertz CT molecular complexity index is 1310. The highest BCUT2D eigenvalue weighted by atomic mass is 32.2. The Kier molecular flexibility index (Phi) is 7.30. The first-order chi connectivity index (χ1) is 17.9. The van der Waals surface area contributed by atoms with Gasteiger partial charge in [-0.1, -0.05) is 18.2 Å². The summed E-state index contributed by atoms with van der Waals surface area (Å²) < 4.78 is 32.9. The van der Waals surface area contributed by atoms with E-state index >= 15 is 0 Å². The van der Waals surface area contributed by atoms with Gasteiger partial charge in [-0.15, -0.1) is 0 Å². The van der Waals surface area contributed by atoms with Crippen molar-refractivity contribution in [3.63, 3.8) is 0 Å². The van der Waals surface area contributed by atoms with Gasteiger partial charge in [-0.25, -0.2) is 13.4 Å². The Morgan fingerprint density at radius 3 is 2.41 bits per heavy atom. The van der Waals surface area contributed by atoms with Crippen molar-refractivity contribution in [1.82, 2.24) is 19.3 Å². The van der Waals surface area contributed by atoms with E-state index in [-0.39, 0.29) is 19.2 Å². The van der Waals surface area contributed by atoms with E-state index in [1.807, 2.05) is 24.5 Å². The average Bonchev–Trinajstić information content (AvgIpc) is 3.33. The summed E-state index contributed by atoms with van der Waals surface area (Å²) in [5, 5.41) is 0. The number of nitrogens with zero attached hydrogens (tertiary/aromatic N) is 6. The van der Waals surface area contributed by atoms with E-state index < -0.39 is 10.0 Å². The van der Waals surface area contributed by atoms with Crippen LogP contribution in [0.1, 0.15) is 24.8 Å². The average molecular weight is 523 g/mol. The zero-order valence-corrected chi connectivity index (χ0v) is 22.3. The maximum Gasteiger partial charge on any atom is 0.318 e. The maximum absolute atomic E-state index is 12.9. The zero-order valence-electron chi connectivity index (χ0n) is 21.5. The molecule has 1 spiro atoms. The van der Waals surface area contributed by atoms with Crippen molar-refractivity contribution >= 4 is 21.5 Å². The van der Waals surface area contributed by atoms with Gasteiger partial charge >= 0.3 is 6.01 Å². The van der Waals surface area contributed by atoms with Crippen LogP contribution >= 0.6 is 0 Å². The third-order valence-corrected chi connectivity index (χ3v) is 9.67. The number of sulfonamides is 1. The van der Waals surface area contributed by atoms with Crippen LogP contribution in [0.2, 0.25) is 0 Å². The number of hydrogen-bond acceptors (Lipinski definition) is 8. The summed E-state index contributed by atoms with van der Waals surface area (Å²) in [6.45, 7) is 6.20. The largest absolute Gasteiger partial charge is 0.462 e. The topological polar surface area (TPSA) is 91.8 Å². The molecule has 0 unspecified atom stereocenters. The standard InChI is InChI=1S/C27H34N6O3S/c1-22-5-3-4-6-24(22)37(34,35)31(2)19-20-36-26-29-15-9-25(30-26)33-18-12-27(21-33)10-16-32(17-11-27)23-7-13-28-14-8-23/h3-9,13-15H,10-12,16-21H2,1-2H3. The van der Waals surface area contributed by atoms with Crippen LogP contribution in [0.15, 0.2) is 66.0 Å². The van der Waals surface area contributed by atoms with Crippen LogP contribution in [0.4, 0.5) is 11.5 Å². The molecule has 5 rings (SSSR count). The normalized spacial score (nSPS) is 17.5. The number of aromatic nitrogens is 3. The second-order valence-corrected chi connectivity index (χ2v) is 12.0. The SMILES string of the molecule is Cc1ccccc1S(=O)(=O)N(C)CCOc1nccc(N2CCC3(CCN(c4ccncc4)CC3)C2)n1. The van der Waals surface area contributed by atoms with Crippen LogP contribution in [0.5, 0.6) is 6.01 Å². The van der Waals surface area contributed by atoms with Crippen LogP contribution in [0, 0.1) is 12.3 Å². The minimum absolute atomic E-state index is 0.167. The molecule has 0 atom stereocenters. The van der Waals surface area contributed by atoms with Gasteiger partial charge in [-0.05, 0) is 61.4 Å². The van der Waals surface area contributed by atoms with Crippen LogP contribution in [-0.4, -0.2) is 74.1 Å². The molecule has 2 aromatic heterocycles. The number of pyridine rings is 1. The number of hydrogen-bond donors (Lipinski definition) is 0. The lowest BCUT2D eigenvalue weighted by molar-refractivity contribution is 0.250. The quantitative estimate of drug-likeness (QED) is 0.445. The number of piperidine rings is 1. The molecular formula is C27H34N6O3S. The fraction of sp³-hybridized carbons (Fsp3) is 0.444. The third kappa shape index (κ3) is 5.55. The number of anilines is 2. The van der Waals surface area contributed by atoms with Crippen molar-refractivity contribution in [3.05, 3.63) is 66.6 Å². The summed E-state index contributed by atoms with van der Waals surface area (Å²) in [5.74, 6) is 0.860. The fourth-order valence-corrected chi connectivity index (χ4v) is 6.69. The molecule has 1 aromatic carbocycles. The molecule has 37 heavy (non-hydrogen) atoms. The van der Waals surface area contributed by atoms with Crippen molar-refractivity contribution in [3.8, 4) is 6.01 Å². The summed E-state index contributed by atoms with van der Waals surface area (Å²) in [6.07, 6.45) is 8.88. The van der Waals surface area contributed by atoms with E-state index in [9.17, 15) is 8.42 Å². The zero-order chi connectivity index (χ0) is 25.9. The van der Waals surface area contributed by atoms with Crippen molar-refractivity contribution < 1.29 is 13.2 Å². The van der Waals surface area contributed by atoms with Crippen molar-refractivity contribution in [1.29, 1.82) is 0 Å². The van der Waals surface area contributed by atoms with Gasteiger partial charge in [0.15, 0.2) is 0 Å². The van der Waals surface area contributed by atoms with E-state index in [2.05, 4.69) is 36.9 Å². The van der Waals surface area contributed by atoms with Gasteiger partial charge in [-0.2, -0.15) is 9.29 Å². The van der Waals surface area contributed by atoms with E-state index in [1.165, 1.54) is 9.99 Å². The Morgan fingerprint density at radius 1 is 0.973 bits per heavy atom. The predicted octanol–water partition coefficient (Wildman–Crippen LogP) is 3.38. The van der Waals surface area contributed by atoms with Crippen molar-refractivity contribution in [2.75, 3.05) is 56.2 Å². The number of likely N-dealkylation sites (N-methyl/N-ethyl adjacent to an activating group) is 1. The molecule has 2 fully saturated rings. The summed E-state index contributed by atoms with van der Waals surface area (Å²) >= 11 is 0. The Labute approximate surface area is 219 Å². The lowest BCUT2D eigenvalue weighted by Crippen LogP contribution is -2.41. The molecule has 10 heteroatoms. The highest BCUT2D eigenvalue weighted by Gasteiger charge is 2.41. The number of ether oxygens (including phenoxy) is 1. The monoisotopic (exact) mass is 522 g/mol. The number of benzene rings is 1. The molecule has 0 aliphatic carbocycles. The second-order valence-electron chi connectivity index (χ2n) is 10.0. The lowest BCUT2D eigenvalue weighted by Gasteiger charge is -2.40. The smallest absolute Gasteiger partial charge is 0.318 e. The molecule has 196 valence electrons. The molecular weight excluding hydrogens is 488 g/mol. The second kappa shape index (κ2) is 10.6. The van der Waals surface area contributed by atoms with Crippen LogP contribution < -0.4 is 14.5 Å². The Balaban J connectivity index is 1.15. The third-order valence-electron chi connectivity index (χ3n) is 7.65. The first-order valence-corrected chi connectivity index (χ1v) is 14.2. The molecule has 0 bridgehead atoms. The van der Waals surface area contributed by atoms with Crippen molar-refractivity contribution in [2.45, 2.75) is 31.1 Å². The van der Waals surface area contributed by atoms with E-state index in [1.54, 1.807) is 38.4 Å². The van der Waals surface area contributed by atoms with Crippen LogP contribution in [0.3, 0.4) is 0 Å². The molecule has 0 N–H and O–H groups in total. The first kappa shape index (κ1) is 25.4. The van der Waals surface area contributed by atoms with Crippen molar-refractivity contribution in [2.24, 2.45) is 5.41 Å². The highest BCUT2D eigenvalue weighted by molar-refractivity contribution is 7.89. The van der Waals surface area contributed by atoms with Crippen LogP contribution in [0.25, 0.3) is 0 Å². The van der Waals surface area contributed by atoms with E-state index in [4.69, 9.17) is 4.74 Å². The molecule has 0 saturated carbocycles.